The van der Waals surface area contributed by atoms with E-state index in [1.165, 1.54) is 0 Å². The first-order valence-corrected chi connectivity index (χ1v) is 9.32. The van der Waals surface area contributed by atoms with Gasteiger partial charge in [-0.25, -0.2) is 4.79 Å². The van der Waals surface area contributed by atoms with Crippen molar-refractivity contribution < 1.29 is 24.0 Å². The molecular formula is C20H33N4O4+. The summed E-state index contributed by atoms with van der Waals surface area (Å²) in [5.41, 5.74) is 2.40. The lowest BCUT2D eigenvalue weighted by molar-refractivity contribution is -0.884. The molecule has 28 heavy (non-hydrogen) atoms. The summed E-state index contributed by atoms with van der Waals surface area (Å²) in [6, 6.07) is 5.16. The highest BCUT2D eigenvalue weighted by Gasteiger charge is 2.21. The second-order valence-electron chi connectivity index (χ2n) is 7.89. The van der Waals surface area contributed by atoms with E-state index in [-0.39, 0.29) is 19.0 Å². The van der Waals surface area contributed by atoms with Crippen LogP contribution in [-0.2, 0) is 14.3 Å². The van der Waals surface area contributed by atoms with Crippen LogP contribution in [0.25, 0.3) is 0 Å². The molecule has 1 aromatic rings. The summed E-state index contributed by atoms with van der Waals surface area (Å²) in [5.74, 6) is -0.654. The van der Waals surface area contributed by atoms with Gasteiger partial charge in [0.05, 0.1) is 6.61 Å². The number of benzene rings is 1. The van der Waals surface area contributed by atoms with E-state index in [0.29, 0.717) is 18.1 Å². The number of hydrogen-bond acceptors (Lipinski definition) is 4. The molecule has 0 bridgehead atoms. The van der Waals surface area contributed by atoms with Crippen LogP contribution in [0.5, 0.6) is 0 Å². The Balaban J connectivity index is 2.66. The summed E-state index contributed by atoms with van der Waals surface area (Å²) >= 11 is 0. The molecule has 4 amide bonds. The summed E-state index contributed by atoms with van der Waals surface area (Å²) in [6.45, 7) is 10.3. The van der Waals surface area contributed by atoms with E-state index in [2.05, 4.69) is 16.0 Å². The molecule has 0 heterocycles. The molecule has 0 spiro atoms. The summed E-state index contributed by atoms with van der Waals surface area (Å²) in [7, 11) is 1.56. The maximum absolute atomic E-state index is 12.5. The van der Waals surface area contributed by atoms with Gasteiger partial charge in [0.25, 0.3) is 11.8 Å². The highest BCUT2D eigenvalue weighted by molar-refractivity contribution is 5.95. The Morgan fingerprint density at radius 1 is 1.07 bits per heavy atom. The molecule has 1 atom stereocenters. The number of carbonyl (C=O) groups excluding carboxylic acids is 3. The Hall–Kier alpha value is -2.45. The van der Waals surface area contributed by atoms with Crippen molar-refractivity contribution in [2.24, 2.45) is 0 Å². The SMILES string of the molecule is COCC[NH+](CC(=O)NC(=O)NC(C)(C)C)CC(=O)Nc1cccc(C)c1C. The Bertz CT molecular complexity index is 698. The van der Waals surface area contributed by atoms with Crippen LogP contribution in [0.4, 0.5) is 10.5 Å². The van der Waals surface area contributed by atoms with Crippen molar-refractivity contribution in [1.29, 1.82) is 0 Å². The average molecular weight is 394 g/mol. The number of hydrogen-bond donors (Lipinski definition) is 4. The van der Waals surface area contributed by atoms with E-state index < -0.39 is 17.5 Å². The maximum atomic E-state index is 12.5. The third-order valence-electron chi connectivity index (χ3n) is 4.10. The van der Waals surface area contributed by atoms with Crippen molar-refractivity contribution in [3.8, 4) is 0 Å². The van der Waals surface area contributed by atoms with Gasteiger partial charge in [-0.05, 0) is 51.8 Å². The Morgan fingerprint density at radius 2 is 1.71 bits per heavy atom. The number of amides is 4. The molecule has 0 fully saturated rings. The number of nitrogens with one attached hydrogen (secondary N) is 4. The fraction of sp³-hybridized carbons (Fsp3) is 0.550. The van der Waals surface area contributed by atoms with Crippen LogP contribution in [0.1, 0.15) is 31.9 Å². The molecule has 8 nitrogen and oxygen atoms in total. The zero-order valence-electron chi connectivity index (χ0n) is 17.7. The number of quaternary nitrogens is 1. The third kappa shape index (κ3) is 8.96. The molecule has 1 aromatic carbocycles. The molecule has 8 heteroatoms. The monoisotopic (exact) mass is 393 g/mol. The van der Waals surface area contributed by atoms with Gasteiger partial charge in [-0.3, -0.25) is 14.9 Å². The van der Waals surface area contributed by atoms with Gasteiger partial charge in [0.2, 0.25) is 0 Å². The van der Waals surface area contributed by atoms with Crippen molar-refractivity contribution in [3.05, 3.63) is 29.3 Å². The minimum Gasteiger partial charge on any atom is -0.379 e. The van der Waals surface area contributed by atoms with Gasteiger partial charge in [0, 0.05) is 18.3 Å². The molecular weight excluding hydrogens is 360 g/mol. The van der Waals surface area contributed by atoms with Gasteiger partial charge < -0.3 is 20.3 Å². The first kappa shape index (κ1) is 23.6. The summed E-state index contributed by atoms with van der Waals surface area (Å²) < 4.78 is 5.07. The number of carbonyl (C=O) groups is 3. The third-order valence-corrected chi connectivity index (χ3v) is 4.10. The standard InChI is InChI=1S/C20H32N4O4/c1-14-8-7-9-16(15(14)2)21-17(25)12-24(10-11-28-6)13-18(26)22-19(27)23-20(3,4)5/h7-9H,10-13H2,1-6H3,(H,21,25)(H2,22,23,26,27)/p+1. The molecule has 0 saturated heterocycles. The van der Waals surface area contributed by atoms with Gasteiger partial charge in [-0.15, -0.1) is 0 Å². The van der Waals surface area contributed by atoms with E-state index in [4.69, 9.17) is 4.74 Å². The van der Waals surface area contributed by atoms with Crippen LogP contribution in [0, 0.1) is 13.8 Å². The molecule has 0 radical (unpaired) electrons. The minimum atomic E-state index is -0.552. The normalized spacial score (nSPS) is 12.2. The fourth-order valence-corrected chi connectivity index (χ4v) is 2.56. The lowest BCUT2D eigenvalue weighted by Gasteiger charge is -2.21. The fourth-order valence-electron chi connectivity index (χ4n) is 2.56. The topological polar surface area (TPSA) is 101 Å². The van der Waals surface area contributed by atoms with E-state index in [1.54, 1.807) is 7.11 Å². The van der Waals surface area contributed by atoms with Crippen LogP contribution in [0.15, 0.2) is 18.2 Å². The Labute approximate surface area is 167 Å². The second-order valence-corrected chi connectivity index (χ2v) is 7.89. The molecule has 0 aliphatic rings. The van der Waals surface area contributed by atoms with Crippen LogP contribution in [-0.4, -0.2) is 56.7 Å². The number of rotatable bonds is 8. The van der Waals surface area contributed by atoms with Crippen molar-refractivity contribution in [3.63, 3.8) is 0 Å². The van der Waals surface area contributed by atoms with E-state index >= 15 is 0 Å². The van der Waals surface area contributed by atoms with Gasteiger partial charge in [-0.2, -0.15) is 0 Å². The number of urea groups is 1. The number of anilines is 1. The number of imide groups is 1. The molecule has 4 N–H and O–H groups in total. The molecule has 0 aromatic heterocycles. The largest absolute Gasteiger partial charge is 0.379 e. The summed E-state index contributed by atoms with van der Waals surface area (Å²) in [6.07, 6.45) is 0. The predicted octanol–water partition coefficient (Wildman–Crippen LogP) is 0.398. The number of aryl methyl sites for hydroxylation is 1. The van der Waals surface area contributed by atoms with Crippen molar-refractivity contribution in [1.82, 2.24) is 10.6 Å². The van der Waals surface area contributed by atoms with Gasteiger partial charge in [0.15, 0.2) is 13.1 Å². The number of methoxy groups -OCH3 is 1. The smallest absolute Gasteiger partial charge is 0.322 e. The van der Waals surface area contributed by atoms with Crippen molar-refractivity contribution in [2.75, 3.05) is 38.7 Å². The van der Waals surface area contributed by atoms with Crippen molar-refractivity contribution >= 4 is 23.5 Å². The second kappa shape index (κ2) is 10.8. The van der Waals surface area contributed by atoms with Gasteiger partial charge in [0.1, 0.15) is 6.54 Å². The van der Waals surface area contributed by atoms with E-state index in [1.807, 2.05) is 52.8 Å². The first-order valence-electron chi connectivity index (χ1n) is 9.32. The molecule has 156 valence electrons. The Kier molecular flexibility index (Phi) is 9.08. The van der Waals surface area contributed by atoms with Crippen molar-refractivity contribution in [2.45, 2.75) is 40.2 Å². The average Bonchev–Trinajstić information content (AvgIpc) is 2.54. The lowest BCUT2D eigenvalue weighted by Crippen LogP contribution is -3.14. The van der Waals surface area contributed by atoms with Gasteiger partial charge >= 0.3 is 6.03 Å². The van der Waals surface area contributed by atoms with Crippen LogP contribution >= 0.6 is 0 Å². The van der Waals surface area contributed by atoms with Crippen LogP contribution in [0.3, 0.4) is 0 Å². The molecule has 0 aliphatic heterocycles. The van der Waals surface area contributed by atoms with Gasteiger partial charge in [-0.1, -0.05) is 12.1 Å². The number of ether oxygens (including phenoxy) is 1. The highest BCUT2D eigenvalue weighted by atomic mass is 16.5. The predicted molar refractivity (Wildman–Crippen MR) is 108 cm³/mol. The molecule has 1 rings (SSSR count). The Morgan fingerprint density at radius 3 is 2.32 bits per heavy atom. The lowest BCUT2D eigenvalue weighted by atomic mass is 10.1. The maximum Gasteiger partial charge on any atom is 0.322 e. The zero-order chi connectivity index (χ0) is 21.3. The van der Waals surface area contributed by atoms with E-state index in [0.717, 1.165) is 16.8 Å². The first-order chi connectivity index (χ1) is 13.0. The molecule has 1 unspecified atom stereocenters. The highest BCUT2D eigenvalue weighted by Crippen LogP contribution is 2.17. The summed E-state index contributed by atoms with van der Waals surface area (Å²) in [4.78, 5) is 37.2. The van der Waals surface area contributed by atoms with Crippen LogP contribution < -0.4 is 20.9 Å². The van der Waals surface area contributed by atoms with E-state index in [9.17, 15) is 14.4 Å². The molecule has 0 saturated carbocycles. The zero-order valence-corrected chi connectivity index (χ0v) is 17.7. The van der Waals surface area contributed by atoms with Crippen LogP contribution in [0.2, 0.25) is 0 Å². The summed E-state index contributed by atoms with van der Waals surface area (Å²) in [5, 5.41) is 7.86. The minimum absolute atomic E-state index is 0.0128. The molecule has 0 aliphatic carbocycles. The quantitative estimate of drug-likeness (QED) is 0.513.